The van der Waals surface area contributed by atoms with E-state index in [0.717, 1.165) is 33.6 Å². The normalized spacial score (nSPS) is 14.1. The van der Waals surface area contributed by atoms with Crippen LogP contribution >= 0.6 is 23.1 Å². The fourth-order valence-corrected chi connectivity index (χ4v) is 5.25. The number of fused-ring (bicyclic) bond motifs is 1. The van der Waals surface area contributed by atoms with Gasteiger partial charge in [-0.3, -0.25) is 20.0 Å². The van der Waals surface area contributed by atoms with E-state index in [-0.39, 0.29) is 11.8 Å². The fourth-order valence-electron chi connectivity index (χ4n) is 3.66. The van der Waals surface area contributed by atoms with E-state index >= 15 is 0 Å². The lowest BCUT2D eigenvalue weighted by molar-refractivity contribution is -0.133. The van der Waals surface area contributed by atoms with Gasteiger partial charge in [0.15, 0.2) is 5.13 Å². The van der Waals surface area contributed by atoms with Gasteiger partial charge in [-0.1, -0.05) is 30.2 Å². The molecule has 9 heteroatoms. The number of urea groups is 1. The van der Waals surface area contributed by atoms with Gasteiger partial charge in [-0.05, 0) is 43.0 Å². The summed E-state index contributed by atoms with van der Waals surface area (Å²) in [5, 5.41) is 13.2. The van der Waals surface area contributed by atoms with Crippen LogP contribution in [-0.2, 0) is 4.79 Å². The van der Waals surface area contributed by atoms with Crippen LogP contribution in [0.15, 0.2) is 46.9 Å². The van der Waals surface area contributed by atoms with Gasteiger partial charge in [0.1, 0.15) is 0 Å². The first-order chi connectivity index (χ1) is 14.6. The standard InChI is InChI=1S/C21H22N4O3S2/c26-18(27)13-29-19-11-23-20(30-19)24-21(28)25(12-14-4-1-2-5-14)16-7-8-17-15(10-16)6-3-9-22-17/h3,6-11,14H,1-2,4-5,12-13H2,(H,26,27)(H,23,24,28). The summed E-state index contributed by atoms with van der Waals surface area (Å²) in [6, 6.07) is 9.51. The zero-order valence-electron chi connectivity index (χ0n) is 16.3. The van der Waals surface area contributed by atoms with E-state index in [1.165, 1.54) is 35.9 Å². The van der Waals surface area contributed by atoms with E-state index in [1.54, 1.807) is 17.3 Å². The van der Waals surface area contributed by atoms with Crippen LogP contribution in [0.5, 0.6) is 0 Å². The zero-order valence-corrected chi connectivity index (χ0v) is 17.9. The first kappa shape index (κ1) is 20.6. The molecule has 1 fully saturated rings. The number of hydrogen-bond acceptors (Lipinski definition) is 6. The fraction of sp³-hybridized carbons (Fsp3) is 0.333. The third-order valence-corrected chi connectivity index (χ3v) is 7.19. The molecule has 1 aliphatic carbocycles. The molecule has 7 nitrogen and oxygen atoms in total. The zero-order chi connectivity index (χ0) is 20.9. The van der Waals surface area contributed by atoms with Gasteiger partial charge in [-0.25, -0.2) is 9.78 Å². The molecule has 156 valence electrons. The summed E-state index contributed by atoms with van der Waals surface area (Å²) in [5.41, 5.74) is 1.72. The molecule has 2 heterocycles. The van der Waals surface area contributed by atoms with Crippen molar-refractivity contribution in [3.8, 4) is 0 Å². The lowest BCUT2D eigenvalue weighted by Gasteiger charge is -2.26. The van der Waals surface area contributed by atoms with Crippen LogP contribution in [0.2, 0.25) is 0 Å². The number of aromatic nitrogens is 2. The number of nitrogens with zero attached hydrogens (tertiary/aromatic N) is 3. The predicted molar refractivity (Wildman–Crippen MR) is 121 cm³/mol. The minimum Gasteiger partial charge on any atom is -0.481 e. The van der Waals surface area contributed by atoms with Crippen LogP contribution in [-0.4, -0.2) is 39.4 Å². The molecule has 0 spiro atoms. The maximum atomic E-state index is 13.2. The minimum absolute atomic E-state index is 0.0332. The SMILES string of the molecule is O=C(O)CSc1cnc(NC(=O)N(CC2CCCC2)c2ccc3ncccc3c2)s1. The molecule has 1 aromatic carbocycles. The first-order valence-electron chi connectivity index (χ1n) is 9.82. The number of carbonyl (C=O) groups excluding carboxylic acids is 1. The van der Waals surface area contributed by atoms with E-state index in [0.29, 0.717) is 17.6 Å². The Morgan fingerprint density at radius 1 is 1.23 bits per heavy atom. The largest absolute Gasteiger partial charge is 0.481 e. The first-order valence-corrected chi connectivity index (χ1v) is 11.6. The van der Waals surface area contributed by atoms with Crippen LogP contribution in [0.1, 0.15) is 25.7 Å². The topological polar surface area (TPSA) is 95.4 Å². The number of hydrogen-bond donors (Lipinski definition) is 2. The third-order valence-electron chi connectivity index (χ3n) is 5.10. The molecule has 0 aliphatic heterocycles. The molecule has 0 saturated heterocycles. The van der Waals surface area contributed by atoms with E-state index in [1.807, 2.05) is 30.3 Å². The number of nitrogens with one attached hydrogen (secondary N) is 1. The van der Waals surface area contributed by atoms with Crippen molar-refractivity contribution in [3.63, 3.8) is 0 Å². The summed E-state index contributed by atoms with van der Waals surface area (Å²) in [7, 11) is 0. The summed E-state index contributed by atoms with van der Waals surface area (Å²) in [6.45, 7) is 0.656. The molecule has 1 aliphatic rings. The highest BCUT2D eigenvalue weighted by Gasteiger charge is 2.24. The Morgan fingerprint density at radius 3 is 2.87 bits per heavy atom. The van der Waals surface area contributed by atoms with Gasteiger partial charge in [0.25, 0.3) is 0 Å². The molecule has 4 rings (SSSR count). The van der Waals surface area contributed by atoms with Gasteiger partial charge < -0.3 is 5.11 Å². The smallest absolute Gasteiger partial charge is 0.328 e. The Balaban J connectivity index is 1.53. The number of carboxylic acid groups (broad SMARTS) is 1. The second kappa shape index (κ2) is 9.44. The van der Waals surface area contributed by atoms with Gasteiger partial charge in [0.2, 0.25) is 0 Å². The van der Waals surface area contributed by atoms with Gasteiger partial charge in [0, 0.05) is 23.8 Å². The van der Waals surface area contributed by atoms with E-state index < -0.39 is 5.97 Å². The second-order valence-corrected chi connectivity index (χ2v) is 9.54. The predicted octanol–water partition coefficient (Wildman–Crippen LogP) is 5.10. The molecule has 3 aromatic rings. The van der Waals surface area contributed by atoms with Crippen molar-refractivity contribution in [1.29, 1.82) is 0 Å². The van der Waals surface area contributed by atoms with Gasteiger partial charge in [0.05, 0.1) is 21.7 Å². The van der Waals surface area contributed by atoms with E-state index in [4.69, 9.17) is 5.11 Å². The molecule has 0 bridgehead atoms. The Hall–Kier alpha value is -2.65. The van der Waals surface area contributed by atoms with Crippen molar-refractivity contribution in [3.05, 3.63) is 42.7 Å². The molecule has 30 heavy (non-hydrogen) atoms. The molecule has 2 aromatic heterocycles. The average molecular weight is 443 g/mol. The Bertz CT molecular complexity index is 1050. The average Bonchev–Trinajstić information content (AvgIpc) is 3.42. The Kier molecular flexibility index (Phi) is 6.49. The summed E-state index contributed by atoms with van der Waals surface area (Å²) < 4.78 is 0.756. The van der Waals surface area contributed by atoms with Crippen molar-refractivity contribution >= 4 is 56.8 Å². The number of amides is 2. The monoisotopic (exact) mass is 442 g/mol. The molecule has 0 unspecified atom stereocenters. The van der Waals surface area contributed by atoms with Crippen molar-refractivity contribution in [2.75, 3.05) is 22.5 Å². The van der Waals surface area contributed by atoms with Crippen molar-refractivity contribution in [2.24, 2.45) is 5.92 Å². The number of anilines is 2. The Labute approximate surface area is 182 Å². The van der Waals surface area contributed by atoms with Crippen LogP contribution in [0.25, 0.3) is 10.9 Å². The van der Waals surface area contributed by atoms with Crippen LogP contribution < -0.4 is 10.2 Å². The molecule has 0 atom stereocenters. The van der Waals surface area contributed by atoms with Crippen molar-refractivity contribution in [1.82, 2.24) is 9.97 Å². The van der Waals surface area contributed by atoms with Gasteiger partial charge >= 0.3 is 12.0 Å². The number of aliphatic carboxylic acids is 1. The number of carboxylic acids is 1. The summed E-state index contributed by atoms with van der Waals surface area (Å²) >= 11 is 2.47. The number of thioether (sulfide) groups is 1. The highest BCUT2D eigenvalue weighted by atomic mass is 32.2. The highest BCUT2D eigenvalue weighted by Crippen LogP contribution is 2.31. The lowest BCUT2D eigenvalue weighted by Crippen LogP contribution is -2.38. The highest BCUT2D eigenvalue weighted by molar-refractivity contribution is 8.01. The Morgan fingerprint density at radius 2 is 2.07 bits per heavy atom. The molecule has 2 amide bonds. The van der Waals surface area contributed by atoms with Crippen LogP contribution in [0.4, 0.5) is 15.6 Å². The number of thiazole rings is 1. The third kappa shape index (κ3) is 5.09. The van der Waals surface area contributed by atoms with Gasteiger partial charge in [-0.2, -0.15) is 0 Å². The number of carbonyl (C=O) groups is 2. The molecular weight excluding hydrogens is 420 g/mol. The molecule has 0 radical (unpaired) electrons. The van der Waals surface area contributed by atoms with E-state index in [9.17, 15) is 9.59 Å². The van der Waals surface area contributed by atoms with Crippen molar-refractivity contribution in [2.45, 2.75) is 29.9 Å². The van der Waals surface area contributed by atoms with Crippen LogP contribution in [0, 0.1) is 5.92 Å². The summed E-state index contributed by atoms with van der Waals surface area (Å²) in [6.07, 6.45) is 8.03. The summed E-state index contributed by atoms with van der Waals surface area (Å²) in [4.78, 5) is 34.3. The molecular formula is C21H22N4O3S2. The lowest BCUT2D eigenvalue weighted by atomic mass is 10.1. The number of rotatable bonds is 7. The van der Waals surface area contributed by atoms with Crippen LogP contribution in [0.3, 0.4) is 0 Å². The maximum Gasteiger partial charge on any atom is 0.328 e. The summed E-state index contributed by atoms with van der Waals surface area (Å²) in [5.74, 6) is -0.431. The second-order valence-electron chi connectivity index (χ2n) is 7.24. The molecule has 1 saturated carbocycles. The minimum atomic E-state index is -0.882. The number of pyridine rings is 1. The quantitative estimate of drug-likeness (QED) is 0.495. The molecule has 2 N–H and O–H groups in total. The van der Waals surface area contributed by atoms with Gasteiger partial charge in [-0.15, -0.1) is 11.8 Å². The maximum absolute atomic E-state index is 13.2. The van der Waals surface area contributed by atoms with Crippen molar-refractivity contribution < 1.29 is 14.7 Å². The van der Waals surface area contributed by atoms with E-state index in [2.05, 4.69) is 15.3 Å². The number of benzene rings is 1.